The molecule has 2 aliphatic heterocycles. The van der Waals surface area contributed by atoms with Crippen molar-refractivity contribution in [2.24, 2.45) is 0 Å². The summed E-state index contributed by atoms with van der Waals surface area (Å²) in [7, 11) is 1.37. The number of esters is 1. The molecule has 3 heterocycles. The number of hydrogen-bond donors (Lipinski definition) is 1. The standard InChI is InChI=1S/C32H35N5O4/c1-41-29(38)28(24-11-4-2-5-12-24)36-23-37(25-13-6-3-7-14-25)32(30(36)39)17-21-34(22-18-32)19-10-20-35-27-16-9-8-15-26(27)33-31(35)40/h2-9,11-16,28H,10,17-23H2,1H3,(H,33,40)/t28-/m1/s1. The number of fused-ring (bicyclic) bond motifs is 1. The van der Waals surface area contributed by atoms with E-state index in [9.17, 15) is 14.4 Å². The quantitative estimate of drug-likeness (QED) is 0.334. The van der Waals surface area contributed by atoms with Crippen LogP contribution in [-0.4, -0.2) is 70.2 Å². The summed E-state index contributed by atoms with van der Waals surface area (Å²) in [5.41, 5.74) is 2.65. The van der Waals surface area contributed by atoms with Crippen LogP contribution in [-0.2, 0) is 20.9 Å². The molecule has 9 nitrogen and oxygen atoms in total. The number of benzene rings is 3. The Hall–Kier alpha value is -4.37. The average Bonchev–Trinajstić information content (AvgIpc) is 3.48. The first-order valence-electron chi connectivity index (χ1n) is 14.2. The summed E-state index contributed by atoms with van der Waals surface area (Å²) in [5.74, 6) is -0.481. The van der Waals surface area contributed by atoms with E-state index in [1.165, 1.54) is 7.11 Å². The number of carbonyl (C=O) groups excluding carboxylic acids is 2. The second-order valence-corrected chi connectivity index (χ2v) is 10.8. The van der Waals surface area contributed by atoms with Gasteiger partial charge < -0.3 is 24.4 Å². The Kier molecular flexibility index (Phi) is 7.36. The van der Waals surface area contributed by atoms with Gasteiger partial charge in [-0.25, -0.2) is 9.59 Å². The fraction of sp³-hybridized carbons (Fsp3) is 0.344. The van der Waals surface area contributed by atoms with Crippen LogP contribution in [0.1, 0.15) is 30.9 Å². The minimum Gasteiger partial charge on any atom is -0.467 e. The molecule has 2 aliphatic rings. The lowest BCUT2D eigenvalue weighted by molar-refractivity contribution is -0.153. The van der Waals surface area contributed by atoms with Crippen LogP contribution in [0.2, 0.25) is 0 Å². The highest BCUT2D eigenvalue weighted by Gasteiger charge is 2.56. The summed E-state index contributed by atoms with van der Waals surface area (Å²) in [4.78, 5) is 49.1. The molecule has 0 bridgehead atoms. The van der Waals surface area contributed by atoms with E-state index in [2.05, 4.69) is 14.8 Å². The van der Waals surface area contributed by atoms with Crippen molar-refractivity contribution in [1.82, 2.24) is 19.4 Å². The molecule has 6 rings (SSSR count). The van der Waals surface area contributed by atoms with Gasteiger partial charge in [0.2, 0.25) is 0 Å². The third-order valence-corrected chi connectivity index (χ3v) is 8.61. The number of piperidine rings is 1. The maximum atomic E-state index is 14.4. The normalized spacial score (nSPS) is 17.8. The van der Waals surface area contributed by atoms with Gasteiger partial charge in [0.15, 0.2) is 6.04 Å². The lowest BCUT2D eigenvalue weighted by Gasteiger charge is -2.43. The van der Waals surface area contributed by atoms with E-state index in [4.69, 9.17) is 4.74 Å². The monoisotopic (exact) mass is 553 g/mol. The topological polar surface area (TPSA) is 90.9 Å². The number of rotatable bonds is 8. The van der Waals surface area contributed by atoms with Gasteiger partial charge in [0.25, 0.3) is 5.91 Å². The molecule has 1 atom stereocenters. The van der Waals surface area contributed by atoms with Crippen LogP contribution >= 0.6 is 0 Å². The number of hydrogen-bond acceptors (Lipinski definition) is 6. The third kappa shape index (κ3) is 4.91. The summed E-state index contributed by atoms with van der Waals surface area (Å²) in [6, 6.07) is 26.3. The zero-order valence-corrected chi connectivity index (χ0v) is 23.2. The van der Waals surface area contributed by atoms with Crippen LogP contribution in [0.4, 0.5) is 5.69 Å². The number of carbonyl (C=O) groups is 2. The van der Waals surface area contributed by atoms with Crippen molar-refractivity contribution in [3.05, 3.63) is 101 Å². The molecule has 4 aromatic rings. The maximum absolute atomic E-state index is 14.4. The molecule has 2 fully saturated rings. The van der Waals surface area contributed by atoms with Gasteiger partial charge in [-0.2, -0.15) is 0 Å². The molecule has 1 aromatic heterocycles. The number of aryl methyl sites for hydroxylation is 1. The molecule has 9 heteroatoms. The zero-order valence-electron chi connectivity index (χ0n) is 23.2. The van der Waals surface area contributed by atoms with Crippen molar-refractivity contribution in [3.8, 4) is 0 Å². The first-order chi connectivity index (χ1) is 20.0. The van der Waals surface area contributed by atoms with Gasteiger partial charge in [-0.3, -0.25) is 9.36 Å². The summed E-state index contributed by atoms with van der Waals surface area (Å²) in [6.45, 7) is 3.27. The van der Waals surface area contributed by atoms with Crippen molar-refractivity contribution < 1.29 is 14.3 Å². The Morgan fingerprint density at radius 3 is 2.27 bits per heavy atom. The molecule has 3 aromatic carbocycles. The number of H-pyrrole nitrogens is 1. The smallest absolute Gasteiger partial charge is 0.333 e. The summed E-state index contributed by atoms with van der Waals surface area (Å²) in [5, 5.41) is 0. The van der Waals surface area contributed by atoms with E-state index in [1.807, 2.05) is 84.9 Å². The molecule has 0 saturated carbocycles. The number of amides is 1. The number of anilines is 1. The number of nitrogens with one attached hydrogen (secondary N) is 1. The molecule has 1 N–H and O–H groups in total. The highest BCUT2D eigenvalue weighted by molar-refractivity contribution is 5.97. The first kappa shape index (κ1) is 26.8. The van der Waals surface area contributed by atoms with Gasteiger partial charge in [0, 0.05) is 25.3 Å². The SMILES string of the molecule is COC(=O)[C@@H](c1ccccc1)N1CN(c2ccccc2)C2(CCN(CCCn3c(=O)[nH]c4ccccc43)CC2)C1=O. The van der Waals surface area contributed by atoms with Gasteiger partial charge in [0.1, 0.15) is 5.54 Å². The van der Waals surface area contributed by atoms with Crippen molar-refractivity contribution >= 4 is 28.6 Å². The Morgan fingerprint density at radius 2 is 1.56 bits per heavy atom. The number of likely N-dealkylation sites (tertiary alicyclic amines) is 1. The second kappa shape index (κ2) is 11.2. The number of aromatic amines is 1. The van der Waals surface area contributed by atoms with E-state index < -0.39 is 17.6 Å². The number of methoxy groups -OCH3 is 1. The Bertz CT molecular complexity index is 1570. The van der Waals surface area contributed by atoms with E-state index in [0.717, 1.165) is 48.3 Å². The number of nitrogens with zero attached hydrogens (tertiary/aromatic N) is 4. The van der Waals surface area contributed by atoms with E-state index in [1.54, 1.807) is 9.47 Å². The maximum Gasteiger partial charge on any atom is 0.333 e. The van der Waals surface area contributed by atoms with Gasteiger partial charge >= 0.3 is 11.7 Å². The molecule has 41 heavy (non-hydrogen) atoms. The minimum absolute atomic E-state index is 0.0365. The third-order valence-electron chi connectivity index (χ3n) is 8.61. The van der Waals surface area contributed by atoms with Gasteiger partial charge in [-0.1, -0.05) is 60.7 Å². The van der Waals surface area contributed by atoms with Crippen LogP contribution in [0.15, 0.2) is 89.7 Å². The largest absolute Gasteiger partial charge is 0.467 e. The number of ether oxygens (including phenoxy) is 1. The van der Waals surface area contributed by atoms with Crippen LogP contribution in [0.5, 0.6) is 0 Å². The number of aromatic nitrogens is 2. The number of imidazole rings is 1. The van der Waals surface area contributed by atoms with Crippen LogP contribution in [0.3, 0.4) is 0 Å². The van der Waals surface area contributed by atoms with Gasteiger partial charge in [-0.05, 0) is 55.6 Å². The van der Waals surface area contributed by atoms with Crippen molar-refractivity contribution in [2.45, 2.75) is 37.4 Å². The predicted molar refractivity (Wildman–Crippen MR) is 157 cm³/mol. The average molecular weight is 554 g/mol. The summed E-state index contributed by atoms with van der Waals surface area (Å²) >= 11 is 0. The predicted octanol–water partition coefficient (Wildman–Crippen LogP) is 3.77. The van der Waals surface area contributed by atoms with E-state index >= 15 is 0 Å². The molecule has 212 valence electrons. The van der Waals surface area contributed by atoms with Crippen molar-refractivity contribution in [3.63, 3.8) is 0 Å². The van der Waals surface area contributed by atoms with Crippen LogP contribution < -0.4 is 10.6 Å². The molecular formula is C32H35N5O4. The summed E-state index contributed by atoms with van der Waals surface area (Å²) < 4.78 is 6.98. The molecule has 2 saturated heterocycles. The summed E-state index contributed by atoms with van der Waals surface area (Å²) in [6.07, 6.45) is 2.12. The van der Waals surface area contributed by atoms with E-state index in [0.29, 0.717) is 26.1 Å². The minimum atomic E-state index is -0.813. The van der Waals surface area contributed by atoms with Crippen LogP contribution in [0.25, 0.3) is 11.0 Å². The molecule has 0 unspecified atom stereocenters. The highest BCUT2D eigenvalue weighted by atomic mass is 16.5. The van der Waals surface area contributed by atoms with Gasteiger partial charge in [-0.15, -0.1) is 0 Å². The fourth-order valence-electron chi connectivity index (χ4n) is 6.47. The molecule has 0 aliphatic carbocycles. The number of para-hydroxylation sites is 3. The lowest BCUT2D eigenvalue weighted by Crippen LogP contribution is -2.56. The molecule has 0 radical (unpaired) electrons. The Labute approximate surface area is 238 Å². The van der Waals surface area contributed by atoms with E-state index in [-0.39, 0.29) is 11.6 Å². The molecule has 1 spiro atoms. The lowest BCUT2D eigenvalue weighted by atomic mass is 9.85. The zero-order chi connectivity index (χ0) is 28.4. The van der Waals surface area contributed by atoms with Crippen molar-refractivity contribution in [2.75, 3.05) is 38.3 Å². The van der Waals surface area contributed by atoms with Crippen LogP contribution in [0, 0.1) is 0 Å². The Morgan fingerprint density at radius 1 is 0.902 bits per heavy atom. The first-order valence-corrected chi connectivity index (χ1v) is 14.2. The fourth-order valence-corrected chi connectivity index (χ4v) is 6.47. The Balaban J connectivity index is 1.20. The highest BCUT2D eigenvalue weighted by Crippen LogP contribution is 2.42. The second-order valence-electron chi connectivity index (χ2n) is 10.8. The van der Waals surface area contributed by atoms with Gasteiger partial charge in [0.05, 0.1) is 24.8 Å². The molecular weight excluding hydrogens is 518 g/mol. The molecule has 1 amide bonds. The van der Waals surface area contributed by atoms with Crippen molar-refractivity contribution in [1.29, 1.82) is 0 Å².